The summed E-state index contributed by atoms with van der Waals surface area (Å²) >= 11 is 0. The number of ether oxygens (including phenoxy) is 2. The van der Waals surface area contributed by atoms with Crippen molar-refractivity contribution in [2.45, 2.75) is 32.3 Å². The van der Waals surface area contributed by atoms with Crippen LogP contribution < -0.4 is 26.2 Å². The number of hydrogen-bond donors (Lipinski definition) is 2. The molecule has 0 radical (unpaired) electrons. The molecule has 7 nitrogen and oxygen atoms in total. The van der Waals surface area contributed by atoms with Gasteiger partial charge in [-0.05, 0) is 49.4 Å². The molecule has 1 fully saturated rings. The zero-order chi connectivity index (χ0) is 19.6. The lowest BCUT2D eigenvalue weighted by atomic mass is 10.1. The summed E-state index contributed by atoms with van der Waals surface area (Å²) in [6.45, 7) is 2.30. The van der Waals surface area contributed by atoms with Crippen LogP contribution in [0.1, 0.15) is 35.4 Å². The van der Waals surface area contributed by atoms with Crippen molar-refractivity contribution >= 4 is 11.7 Å². The Morgan fingerprint density at radius 1 is 1.19 bits per heavy atom. The Hall–Kier alpha value is -2.77. The lowest BCUT2D eigenvalue weighted by Gasteiger charge is -2.24. The fourth-order valence-electron chi connectivity index (χ4n) is 3.05. The van der Waals surface area contributed by atoms with E-state index in [0.717, 1.165) is 15.8 Å². The number of urea groups is 1. The van der Waals surface area contributed by atoms with Crippen molar-refractivity contribution in [3.8, 4) is 11.5 Å². The molecule has 0 bridgehead atoms. The molecule has 7 heteroatoms. The Labute approximate surface area is 159 Å². The number of rotatable bonds is 6. The standard InChI is InChI=1S/C20H26N4O3/c1-13-7-10-19(15(11-13)14-8-9-14)27-12-16-17(5-4-6-18(16)26-3)24(22)20(25)23(2)21/h4-7,10-11,14H,8-9,12,21-22H2,1-3H3. The molecule has 0 spiro atoms. The van der Waals surface area contributed by atoms with Crippen molar-refractivity contribution in [3.05, 3.63) is 53.1 Å². The molecular formula is C20H26N4O3. The van der Waals surface area contributed by atoms with Crippen LogP contribution in [0.4, 0.5) is 10.5 Å². The van der Waals surface area contributed by atoms with Gasteiger partial charge in [0.25, 0.3) is 0 Å². The highest BCUT2D eigenvalue weighted by Crippen LogP contribution is 2.45. The number of hydrogen-bond acceptors (Lipinski definition) is 5. The Morgan fingerprint density at radius 3 is 2.56 bits per heavy atom. The molecule has 0 saturated heterocycles. The summed E-state index contributed by atoms with van der Waals surface area (Å²) in [4.78, 5) is 12.2. The highest BCUT2D eigenvalue weighted by Gasteiger charge is 2.27. The number of nitrogens with two attached hydrogens (primary N) is 2. The van der Waals surface area contributed by atoms with E-state index in [2.05, 4.69) is 13.0 Å². The topological polar surface area (TPSA) is 94.1 Å². The summed E-state index contributed by atoms with van der Waals surface area (Å²) in [7, 11) is 3.01. The third-order valence-corrected chi connectivity index (χ3v) is 4.65. The Bertz CT molecular complexity index is 834. The molecule has 3 rings (SSSR count). The van der Waals surface area contributed by atoms with E-state index < -0.39 is 6.03 Å². The van der Waals surface area contributed by atoms with Crippen molar-refractivity contribution in [2.24, 2.45) is 11.7 Å². The molecule has 0 atom stereocenters. The number of methoxy groups -OCH3 is 1. The fraction of sp³-hybridized carbons (Fsp3) is 0.350. The van der Waals surface area contributed by atoms with Gasteiger partial charge in [0.1, 0.15) is 18.1 Å². The summed E-state index contributed by atoms with van der Waals surface area (Å²) in [6, 6.07) is 11.0. The first kappa shape index (κ1) is 19.0. The van der Waals surface area contributed by atoms with Gasteiger partial charge in [0.05, 0.1) is 18.4 Å². The molecular weight excluding hydrogens is 344 g/mol. The van der Waals surface area contributed by atoms with Gasteiger partial charge in [-0.25, -0.2) is 21.5 Å². The number of benzene rings is 2. The molecule has 2 aromatic rings. The SMILES string of the molecule is COc1cccc(N(N)C(=O)N(C)N)c1COc1ccc(C)cc1C1CC1. The van der Waals surface area contributed by atoms with Crippen LogP contribution in [-0.2, 0) is 6.61 Å². The van der Waals surface area contributed by atoms with E-state index in [-0.39, 0.29) is 6.61 Å². The third-order valence-electron chi connectivity index (χ3n) is 4.65. The number of aryl methyl sites for hydroxylation is 1. The Balaban J connectivity index is 1.89. The highest BCUT2D eigenvalue weighted by atomic mass is 16.5. The number of amides is 2. The summed E-state index contributed by atoms with van der Waals surface area (Å²) in [5, 5.41) is 1.92. The van der Waals surface area contributed by atoms with Gasteiger partial charge in [-0.3, -0.25) is 5.01 Å². The molecule has 0 unspecified atom stereocenters. The monoisotopic (exact) mass is 370 g/mol. The van der Waals surface area contributed by atoms with Crippen LogP contribution in [0.25, 0.3) is 0 Å². The van der Waals surface area contributed by atoms with Crippen molar-refractivity contribution in [3.63, 3.8) is 0 Å². The molecule has 0 aromatic heterocycles. The first-order valence-corrected chi connectivity index (χ1v) is 8.88. The maximum absolute atomic E-state index is 12.2. The average Bonchev–Trinajstić information content (AvgIpc) is 3.50. The lowest BCUT2D eigenvalue weighted by Crippen LogP contribution is -2.49. The largest absolute Gasteiger partial charge is 0.496 e. The van der Waals surface area contributed by atoms with Crippen molar-refractivity contribution in [1.29, 1.82) is 0 Å². The second kappa shape index (κ2) is 7.85. The van der Waals surface area contributed by atoms with E-state index in [0.29, 0.717) is 22.9 Å². The number of anilines is 1. The zero-order valence-corrected chi connectivity index (χ0v) is 15.9. The molecule has 2 amide bonds. The molecule has 0 aliphatic heterocycles. The van der Waals surface area contributed by atoms with Crippen LogP contribution >= 0.6 is 0 Å². The molecule has 2 aromatic carbocycles. The summed E-state index contributed by atoms with van der Waals surface area (Å²) in [5.74, 6) is 13.5. The van der Waals surface area contributed by atoms with Crippen molar-refractivity contribution in [1.82, 2.24) is 5.01 Å². The van der Waals surface area contributed by atoms with Gasteiger partial charge in [0.15, 0.2) is 0 Å². The van der Waals surface area contributed by atoms with Crippen molar-refractivity contribution < 1.29 is 14.3 Å². The van der Waals surface area contributed by atoms with E-state index in [1.807, 2.05) is 18.2 Å². The second-order valence-electron chi connectivity index (χ2n) is 6.83. The van der Waals surface area contributed by atoms with Crippen molar-refractivity contribution in [2.75, 3.05) is 19.2 Å². The van der Waals surface area contributed by atoms with Gasteiger partial charge in [0, 0.05) is 7.05 Å². The first-order valence-electron chi connectivity index (χ1n) is 8.88. The molecule has 4 N–H and O–H groups in total. The van der Waals surface area contributed by atoms with Gasteiger partial charge in [-0.15, -0.1) is 0 Å². The third kappa shape index (κ3) is 4.15. The van der Waals surface area contributed by atoms with Gasteiger partial charge < -0.3 is 9.47 Å². The van der Waals surface area contributed by atoms with Crippen LogP contribution in [0.3, 0.4) is 0 Å². The quantitative estimate of drug-likeness (QED) is 0.463. The fourth-order valence-corrected chi connectivity index (χ4v) is 3.05. The maximum Gasteiger partial charge on any atom is 0.352 e. The van der Waals surface area contributed by atoms with Crippen LogP contribution in [0.5, 0.6) is 11.5 Å². The van der Waals surface area contributed by atoms with Crippen LogP contribution in [0.15, 0.2) is 36.4 Å². The smallest absolute Gasteiger partial charge is 0.352 e. The average molecular weight is 370 g/mol. The second-order valence-corrected chi connectivity index (χ2v) is 6.83. The molecule has 1 aliphatic carbocycles. The van der Waals surface area contributed by atoms with E-state index in [4.69, 9.17) is 21.2 Å². The molecule has 27 heavy (non-hydrogen) atoms. The normalized spacial score (nSPS) is 13.2. The first-order chi connectivity index (χ1) is 12.9. The summed E-state index contributed by atoms with van der Waals surface area (Å²) < 4.78 is 11.6. The van der Waals surface area contributed by atoms with Crippen LogP contribution in [-0.4, -0.2) is 25.2 Å². The van der Waals surface area contributed by atoms with Crippen LogP contribution in [0, 0.1) is 6.92 Å². The minimum Gasteiger partial charge on any atom is -0.496 e. The van der Waals surface area contributed by atoms with Gasteiger partial charge in [0.2, 0.25) is 0 Å². The predicted molar refractivity (Wildman–Crippen MR) is 104 cm³/mol. The summed E-state index contributed by atoms with van der Waals surface area (Å²) in [5.41, 5.74) is 3.61. The highest BCUT2D eigenvalue weighted by molar-refractivity contribution is 5.91. The van der Waals surface area contributed by atoms with Gasteiger partial charge in [-0.2, -0.15) is 0 Å². The molecule has 144 valence electrons. The van der Waals surface area contributed by atoms with E-state index >= 15 is 0 Å². The summed E-state index contributed by atoms with van der Waals surface area (Å²) in [6.07, 6.45) is 2.38. The number of carbonyl (C=O) groups is 1. The van der Waals surface area contributed by atoms with Gasteiger partial charge >= 0.3 is 6.03 Å². The number of hydrazine groups is 2. The Morgan fingerprint density at radius 2 is 1.93 bits per heavy atom. The zero-order valence-electron chi connectivity index (χ0n) is 15.9. The molecule has 0 heterocycles. The lowest BCUT2D eigenvalue weighted by molar-refractivity contribution is 0.216. The predicted octanol–water partition coefficient (Wildman–Crippen LogP) is 3.07. The maximum atomic E-state index is 12.2. The number of nitrogens with zero attached hydrogens (tertiary/aromatic N) is 2. The van der Waals surface area contributed by atoms with E-state index in [1.54, 1.807) is 19.2 Å². The van der Waals surface area contributed by atoms with Gasteiger partial charge in [-0.1, -0.05) is 23.8 Å². The Kier molecular flexibility index (Phi) is 5.53. The van der Waals surface area contributed by atoms with Crippen LogP contribution in [0.2, 0.25) is 0 Å². The molecule has 1 aliphatic rings. The minimum atomic E-state index is -0.543. The van der Waals surface area contributed by atoms with E-state index in [1.165, 1.54) is 31.0 Å². The van der Waals surface area contributed by atoms with E-state index in [9.17, 15) is 4.79 Å². The molecule has 1 saturated carbocycles. The minimum absolute atomic E-state index is 0.220. The number of carbonyl (C=O) groups excluding carboxylic acids is 1.